The average molecular weight is 557 g/mol. The van der Waals surface area contributed by atoms with Gasteiger partial charge in [0.1, 0.15) is 4.90 Å². The van der Waals surface area contributed by atoms with Crippen LogP contribution in [0.3, 0.4) is 0 Å². The quantitative estimate of drug-likeness (QED) is 0.169. The second-order valence-electron chi connectivity index (χ2n) is 9.32. The van der Waals surface area contributed by atoms with Gasteiger partial charge >= 0.3 is 0 Å². The van der Waals surface area contributed by atoms with Crippen molar-refractivity contribution in [2.45, 2.75) is 80.7 Å². The Morgan fingerprint density at radius 2 is 1.41 bits per heavy atom. The molecule has 0 aliphatic heterocycles. The summed E-state index contributed by atoms with van der Waals surface area (Å²) in [4.78, 5) is -0.799. The van der Waals surface area contributed by atoms with Crippen molar-refractivity contribution in [3.63, 3.8) is 0 Å². The molecule has 0 bridgehead atoms. The maximum Gasteiger partial charge on any atom is 0.298 e. The average Bonchev–Trinajstić information content (AvgIpc) is 3.20. The second kappa shape index (κ2) is 12.1. The largest absolute Gasteiger partial charge is 0.489 e. The summed E-state index contributed by atoms with van der Waals surface area (Å²) in [5, 5.41) is 0. The van der Waals surface area contributed by atoms with Gasteiger partial charge in [0.05, 0.1) is 18.1 Å². The maximum atomic E-state index is 12.4. The van der Waals surface area contributed by atoms with Gasteiger partial charge in [-0.1, -0.05) is 19.9 Å². The first-order valence-electron chi connectivity index (χ1n) is 12.4. The highest BCUT2D eigenvalue weighted by Gasteiger charge is 2.32. The van der Waals surface area contributed by atoms with Crippen LogP contribution in [0.25, 0.3) is 11.1 Å². The Bertz CT molecular complexity index is 1330. The van der Waals surface area contributed by atoms with Crippen LogP contribution < -0.4 is 20.9 Å². The number of benzene rings is 2. The Morgan fingerprint density at radius 1 is 0.838 bits per heavy atom. The summed E-state index contributed by atoms with van der Waals surface area (Å²) in [5.74, 6) is 0.0912. The lowest BCUT2D eigenvalue weighted by Gasteiger charge is -2.20. The summed E-state index contributed by atoms with van der Waals surface area (Å²) >= 11 is 0. The number of fused-ring (bicyclic) bond motifs is 3. The van der Waals surface area contributed by atoms with Crippen LogP contribution in [-0.4, -0.2) is 51.2 Å². The normalized spacial score (nSPS) is 14.6. The number of hydrogen-bond acceptors (Lipinski definition) is 8. The monoisotopic (exact) mass is 556 g/mol. The Hall–Kier alpha value is -2.22. The van der Waals surface area contributed by atoms with Crippen LogP contribution in [0.15, 0.2) is 34.1 Å². The third-order valence-corrected chi connectivity index (χ3v) is 8.31. The smallest absolute Gasteiger partial charge is 0.298 e. The molecular formula is C25H36N2O8S2. The molecule has 3 rings (SSSR count). The molecule has 2 aromatic carbocycles. The van der Waals surface area contributed by atoms with Crippen LogP contribution in [-0.2, 0) is 26.7 Å². The lowest BCUT2D eigenvalue weighted by molar-refractivity contribution is 0.248. The molecule has 2 unspecified atom stereocenters. The Morgan fingerprint density at radius 3 is 1.92 bits per heavy atom. The van der Waals surface area contributed by atoms with Crippen LogP contribution in [0.1, 0.15) is 63.5 Å². The van der Waals surface area contributed by atoms with E-state index < -0.39 is 25.1 Å². The molecule has 0 spiro atoms. The van der Waals surface area contributed by atoms with Gasteiger partial charge in [0, 0.05) is 24.1 Å². The molecule has 37 heavy (non-hydrogen) atoms. The summed E-state index contributed by atoms with van der Waals surface area (Å²) in [6.45, 7) is 4.36. The molecule has 0 aromatic heterocycles. The lowest BCUT2D eigenvalue weighted by atomic mass is 10.0. The van der Waals surface area contributed by atoms with Gasteiger partial charge in [0.15, 0.2) is 11.5 Å². The molecule has 12 heteroatoms. The van der Waals surface area contributed by atoms with E-state index >= 15 is 0 Å². The minimum absolute atomic E-state index is 0.00495. The van der Waals surface area contributed by atoms with E-state index in [-0.39, 0.29) is 41.7 Å². The SMILES string of the molecule is CCC(N)CCCOc1c(S(=O)(=O)O)cc2c(c1OCCCC(N)CC)Cc1ccc(S(=O)(=O)O)cc1-2. The molecule has 10 nitrogen and oxygen atoms in total. The molecule has 0 heterocycles. The van der Waals surface area contributed by atoms with Gasteiger partial charge in [0.2, 0.25) is 0 Å². The highest BCUT2D eigenvalue weighted by atomic mass is 32.2. The van der Waals surface area contributed by atoms with Crippen molar-refractivity contribution >= 4 is 20.2 Å². The summed E-state index contributed by atoms with van der Waals surface area (Å²) in [5.41, 5.74) is 14.1. The zero-order chi connectivity index (χ0) is 27.4. The second-order valence-corrected chi connectivity index (χ2v) is 12.1. The molecule has 0 saturated carbocycles. The van der Waals surface area contributed by atoms with Crippen LogP contribution in [0.5, 0.6) is 11.5 Å². The van der Waals surface area contributed by atoms with Crippen LogP contribution in [0, 0.1) is 0 Å². The van der Waals surface area contributed by atoms with Crippen molar-refractivity contribution < 1.29 is 35.4 Å². The summed E-state index contributed by atoms with van der Waals surface area (Å²) in [7, 11) is -9.22. The first-order chi connectivity index (χ1) is 17.4. The fourth-order valence-electron chi connectivity index (χ4n) is 4.31. The number of hydrogen-bond donors (Lipinski definition) is 4. The van der Waals surface area contributed by atoms with Crippen LogP contribution >= 0.6 is 0 Å². The van der Waals surface area contributed by atoms with Crippen molar-refractivity contribution in [2.75, 3.05) is 13.2 Å². The minimum atomic E-state index is -4.74. The first-order valence-corrected chi connectivity index (χ1v) is 15.3. The van der Waals surface area contributed by atoms with Crippen LogP contribution in [0.2, 0.25) is 0 Å². The van der Waals surface area contributed by atoms with Crippen LogP contribution in [0.4, 0.5) is 0 Å². The van der Waals surface area contributed by atoms with E-state index in [1.165, 1.54) is 18.2 Å². The van der Waals surface area contributed by atoms with Crippen molar-refractivity contribution in [3.05, 3.63) is 35.4 Å². The van der Waals surface area contributed by atoms with E-state index in [0.717, 1.165) is 12.8 Å². The standard InChI is InChI=1S/C25H36N2O8S2/c1-3-17(26)7-5-11-34-24-22-13-16-9-10-19(36(28,29)30)14-20(16)21(22)15-23(37(31,32)33)25(24)35-12-6-8-18(27)4-2/h9-10,14-15,17-18H,3-8,11-13,26-27H2,1-2H3,(H,28,29,30)(H,31,32,33). The fraction of sp³-hybridized carbons (Fsp3) is 0.520. The minimum Gasteiger partial charge on any atom is -0.489 e. The molecule has 1 aliphatic rings. The van der Waals surface area contributed by atoms with E-state index in [4.69, 9.17) is 20.9 Å². The molecule has 2 atom stereocenters. The lowest BCUT2D eigenvalue weighted by Crippen LogP contribution is -2.20. The molecule has 0 fully saturated rings. The molecule has 6 N–H and O–H groups in total. The van der Waals surface area contributed by atoms with Crippen molar-refractivity contribution in [2.24, 2.45) is 11.5 Å². The fourth-order valence-corrected chi connectivity index (χ4v) is 5.47. The van der Waals surface area contributed by atoms with Gasteiger partial charge in [-0.3, -0.25) is 9.11 Å². The van der Waals surface area contributed by atoms with E-state index in [0.29, 0.717) is 54.4 Å². The topological polar surface area (TPSA) is 179 Å². The number of ether oxygens (including phenoxy) is 2. The predicted molar refractivity (Wildman–Crippen MR) is 140 cm³/mol. The van der Waals surface area contributed by atoms with Crippen molar-refractivity contribution in [3.8, 4) is 22.6 Å². The Labute approximate surface area is 218 Å². The van der Waals surface area contributed by atoms with Gasteiger partial charge in [0.25, 0.3) is 20.2 Å². The molecule has 0 radical (unpaired) electrons. The van der Waals surface area contributed by atoms with E-state index in [9.17, 15) is 25.9 Å². The molecule has 206 valence electrons. The van der Waals surface area contributed by atoms with Gasteiger partial charge in [-0.05, 0) is 73.4 Å². The third kappa shape index (κ3) is 7.21. The molecular weight excluding hydrogens is 520 g/mol. The van der Waals surface area contributed by atoms with Gasteiger partial charge in [-0.2, -0.15) is 16.8 Å². The Kier molecular flexibility index (Phi) is 9.59. The number of nitrogens with two attached hydrogens (primary N) is 2. The number of rotatable bonds is 14. The molecule has 0 saturated heterocycles. The highest BCUT2D eigenvalue weighted by molar-refractivity contribution is 7.86. The first kappa shape index (κ1) is 29.3. The van der Waals surface area contributed by atoms with E-state index in [1.807, 2.05) is 13.8 Å². The molecule has 1 aliphatic carbocycles. The van der Waals surface area contributed by atoms with Gasteiger partial charge in [-0.15, -0.1) is 0 Å². The summed E-state index contributed by atoms with van der Waals surface area (Å²) in [6, 6.07) is 5.39. The molecule has 2 aromatic rings. The van der Waals surface area contributed by atoms with Crippen molar-refractivity contribution in [1.29, 1.82) is 0 Å². The van der Waals surface area contributed by atoms with Gasteiger partial charge in [-0.25, -0.2) is 0 Å². The van der Waals surface area contributed by atoms with Gasteiger partial charge < -0.3 is 20.9 Å². The molecule has 0 amide bonds. The van der Waals surface area contributed by atoms with E-state index in [2.05, 4.69) is 0 Å². The zero-order valence-electron chi connectivity index (χ0n) is 21.1. The van der Waals surface area contributed by atoms with E-state index in [1.54, 1.807) is 6.07 Å². The third-order valence-electron chi connectivity index (χ3n) is 6.60. The highest BCUT2D eigenvalue weighted by Crippen LogP contribution is 2.49. The zero-order valence-corrected chi connectivity index (χ0v) is 22.8. The summed E-state index contributed by atoms with van der Waals surface area (Å²) in [6.07, 6.45) is 4.51. The summed E-state index contributed by atoms with van der Waals surface area (Å²) < 4.78 is 79.9. The Balaban J connectivity index is 2.07. The van der Waals surface area contributed by atoms with Crippen molar-refractivity contribution in [1.82, 2.24) is 0 Å². The maximum absolute atomic E-state index is 12.4. The predicted octanol–water partition coefficient (Wildman–Crippen LogP) is 3.54.